The van der Waals surface area contributed by atoms with Gasteiger partial charge in [0, 0.05) is 18.8 Å². The zero-order valence-electron chi connectivity index (χ0n) is 21.4. The molecule has 4 atom stereocenters. The minimum atomic E-state index is -1.39. The summed E-state index contributed by atoms with van der Waals surface area (Å²) in [7, 11) is 0. The molecule has 204 valence electrons. The van der Waals surface area contributed by atoms with Crippen LogP contribution < -0.4 is 27.0 Å². The number of amides is 5. The molecule has 0 aliphatic heterocycles. The number of carboxylic acid groups (broad SMARTS) is 1. The highest BCUT2D eigenvalue weighted by atomic mass is 16.4. The Hall–Kier alpha value is -4.03. The van der Waals surface area contributed by atoms with Crippen LogP contribution in [0, 0.1) is 11.8 Å². The van der Waals surface area contributed by atoms with Crippen molar-refractivity contribution in [3.63, 3.8) is 0 Å². The molecule has 4 unspecified atom stereocenters. The van der Waals surface area contributed by atoms with E-state index >= 15 is 0 Å². The largest absolute Gasteiger partial charge is 0.465 e. The zero-order chi connectivity index (χ0) is 28.1. The number of nitrogens with one attached hydrogen (secondary N) is 4. The van der Waals surface area contributed by atoms with Crippen molar-refractivity contribution < 1.29 is 33.9 Å². The van der Waals surface area contributed by atoms with Crippen molar-refractivity contribution in [2.45, 2.75) is 65.1 Å². The summed E-state index contributed by atoms with van der Waals surface area (Å²) in [5.41, 5.74) is 6.07. The lowest BCUT2D eigenvalue weighted by molar-refractivity contribution is -0.141. The molecule has 1 aromatic heterocycles. The summed E-state index contributed by atoms with van der Waals surface area (Å²) in [4.78, 5) is 77.1. The van der Waals surface area contributed by atoms with Gasteiger partial charge < -0.3 is 32.1 Å². The predicted octanol–water partition coefficient (Wildman–Crippen LogP) is -0.507. The molecule has 0 saturated heterocycles. The van der Waals surface area contributed by atoms with Crippen molar-refractivity contribution >= 4 is 35.5 Å². The normalized spacial score (nSPS) is 14.0. The highest BCUT2D eigenvalue weighted by Gasteiger charge is 2.33. The first-order valence-corrected chi connectivity index (χ1v) is 11.9. The lowest BCUT2D eigenvalue weighted by Crippen LogP contribution is -2.56. The number of aromatic nitrogens is 1. The van der Waals surface area contributed by atoms with E-state index in [1.165, 1.54) is 12.4 Å². The fourth-order valence-corrected chi connectivity index (χ4v) is 3.42. The Kier molecular flexibility index (Phi) is 12.7. The number of hydrogen-bond acceptors (Lipinski definition) is 7. The number of nitrogens with two attached hydrogens (primary N) is 1. The third-order valence-corrected chi connectivity index (χ3v) is 5.62. The van der Waals surface area contributed by atoms with Crippen LogP contribution in [0.5, 0.6) is 0 Å². The average molecular weight is 521 g/mol. The topological polar surface area (TPSA) is 210 Å². The zero-order valence-corrected chi connectivity index (χ0v) is 21.4. The van der Waals surface area contributed by atoms with E-state index in [2.05, 4.69) is 26.3 Å². The molecule has 0 bridgehead atoms. The maximum absolute atomic E-state index is 12.9. The van der Waals surface area contributed by atoms with Crippen molar-refractivity contribution in [3.05, 3.63) is 30.1 Å². The van der Waals surface area contributed by atoms with Crippen LogP contribution in [0.1, 0.15) is 46.1 Å². The minimum absolute atomic E-state index is 0.0232. The number of primary amides is 1. The summed E-state index contributed by atoms with van der Waals surface area (Å²) in [6.45, 7) is 6.42. The molecule has 0 radical (unpaired) electrons. The second kappa shape index (κ2) is 15.2. The number of pyridine rings is 1. The minimum Gasteiger partial charge on any atom is -0.465 e. The predicted molar refractivity (Wildman–Crippen MR) is 133 cm³/mol. The van der Waals surface area contributed by atoms with Crippen molar-refractivity contribution in [2.75, 3.05) is 6.54 Å². The van der Waals surface area contributed by atoms with Gasteiger partial charge in [-0.1, -0.05) is 34.1 Å². The second-order valence-corrected chi connectivity index (χ2v) is 9.13. The molecular formula is C24H36N6O7. The van der Waals surface area contributed by atoms with E-state index in [-0.39, 0.29) is 18.8 Å². The molecule has 0 spiro atoms. The first-order valence-electron chi connectivity index (χ1n) is 11.9. The fraction of sp³-hybridized carbons (Fsp3) is 0.542. The summed E-state index contributed by atoms with van der Waals surface area (Å²) >= 11 is 0. The fourth-order valence-electron chi connectivity index (χ4n) is 3.42. The van der Waals surface area contributed by atoms with Gasteiger partial charge >= 0.3 is 6.09 Å². The van der Waals surface area contributed by atoms with E-state index in [0.717, 1.165) is 0 Å². The van der Waals surface area contributed by atoms with Crippen LogP contribution >= 0.6 is 0 Å². The monoisotopic (exact) mass is 520 g/mol. The Bertz CT molecular complexity index is 970. The van der Waals surface area contributed by atoms with E-state index < -0.39 is 66.1 Å². The summed E-state index contributed by atoms with van der Waals surface area (Å²) in [5, 5.41) is 18.3. The van der Waals surface area contributed by atoms with Gasteiger partial charge in [0.1, 0.15) is 12.1 Å². The van der Waals surface area contributed by atoms with Crippen LogP contribution in [0.15, 0.2) is 24.5 Å². The maximum Gasteiger partial charge on any atom is 0.405 e. The second-order valence-electron chi connectivity index (χ2n) is 9.13. The Morgan fingerprint density at radius 1 is 0.973 bits per heavy atom. The van der Waals surface area contributed by atoms with Gasteiger partial charge in [0.05, 0.1) is 12.6 Å². The van der Waals surface area contributed by atoms with Crippen LogP contribution in [-0.2, 0) is 30.4 Å². The number of Topliss-reactive ketones (excluding diaryl/α,β-unsaturated/α-hetero) is 1. The quantitative estimate of drug-likeness (QED) is 0.165. The van der Waals surface area contributed by atoms with E-state index in [1.54, 1.807) is 39.8 Å². The van der Waals surface area contributed by atoms with Crippen LogP contribution in [0.3, 0.4) is 0 Å². The van der Waals surface area contributed by atoms with Gasteiger partial charge in [-0.25, -0.2) is 4.79 Å². The van der Waals surface area contributed by atoms with Crippen LogP contribution in [0.2, 0.25) is 0 Å². The summed E-state index contributed by atoms with van der Waals surface area (Å²) in [6.07, 6.45) is 2.38. The number of carbonyl (C=O) groups excluding carboxylic acids is 5. The van der Waals surface area contributed by atoms with E-state index in [4.69, 9.17) is 10.8 Å². The van der Waals surface area contributed by atoms with Gasteiger partial charge in [-0.2, -0.15) is 0 Å². The maximum atomic E-state index is 12.9. The van der Waals surface area contributed by atoms with Crippen molar-refractivity contribution in [1.82, 2.24) is 26.3 Å². The van der Waals surface area contributed by atoms with Gasteiger partial charge in [0.2, 0.25) is 23.5 Å². The molecule has 13 heteroatoms. The molecule has 13 nitrogen and oxygen atoms in total. The molecule has 0 saturated carbocycles. The smallest absolute Gasteiger partial charge is 0.405 e. The number of carbonyl (C=O) groups is 6. The first-order chi connectivity index (χ1) is 17.3. The number of ketones is 1. The van der Waals surface area contributed by atoms with Crippen molar-refractivity contribution in [1.29, 1.82) is 0 Å². The van der Waals surface area contributed by atoms with Gasteiger partial charge in [0.25, 0.3) is 5.91 Å². The summed E-state index contributed by atoms with van der Waals surface area (Å²) in [6, 6.07) is -0.0883. The first kappa shape index (κ1) is 31.0. The van der Waals surface area contributed by atoms with Gasteiger partial charge in [-0.15, -0.1) is 0 Å². The van der Waals surface area contributed by atoms with Crippen LogP contribution in [-0.4, -0.2) is 70.3 Å². The molecule has 0 aromatic carbocycles. The number of nitrogens with zero attached hydrogens (tertiary/aromatic N) is 1. The van der Waals surface area contributed by atoms with E-state index in [0.29, 0.717) is 12.0 Å². The lowest BCUT2D eigenvalue weighted by atomic mass is 9.94. The van der Waals surface area contributed by atoms with Crippen molar-refractivity contribution in [3.8, 4) is 0 Å². The average Bonchev–Trinajstić information content (AvgIpc) is 2.83. The molecule has 1 heterocycles. The highest BCUT2D eigenvalue weighted by molar-refractivity contribution is 6.38. The standard InChI is InChI=1S/C24H36N6O7/c1-5-14(4)19(30-22(34)17(10-13(2)3)29-24(36)37)20(32)23(35)27-12-18(31)28-16(21(25)33)11-15-6-8-26-9-7-15/h6-9,13-14,16-17,19,29H,5,10-12H2,1-4H3,(H2,25,33)(H,27,35)(H,28,31)(H,30,34)(H,36,37). The van der Waals surface area contributed by atoms with Crippen LogP contribution in [0.25, 0.3) is 0 Å². The Morgan fingerprint density at radius 3 is 2.11 bits per heavy atom. The Balaban J connectivity index is 2.81. The molecule has 5 amide bonds. The van der Waals surface area contributed by atoms with Gasteiger partial charge in [-0.05, 0) is 36.0 Å². The van der Waals surface area contributed by atoms with Gasteiger partial charge in [0.15, 0.2) is 0 Å². The van der Waals surface area contributed by atoms with E-state index in [1.807, 2.05) is 0 Å². The third-order valence-electron chi connectivity index (χ3n) is 5.62. The highest BCUT2D eigenvalue weighted by Crippen LogP contribution is 2.11. The molecule has 0 aliphatic rings. The molecule has 0 fully saturated rings. The molecule has 7 N–H and O–H groups in total. The van der Waals surface area contributed by atoms with Gasteiger partial charge in [-0.3, -0.25) is 29.0 Å². The summed E-state index contributed by atoms with van der Waals surface area (Å²) in [5.74, 6) is -4.84. The Morgan fingerprint density at radius 2 is 1.59 bits per heavy atom. The molecule has 1 rings (SSSR count). The SMILES string of the molecule is CCC(C)C(NC(=O)C(CC(C)C)NC(=O)O)C(=O)C(=O)NCC(=O)NC(Cc1ccncc1)C(N)=O. The molecule has 1 aromatic rings. The lowest BCUT2D eigenvalue weighted by Gasteiger charge is -2.26. The van der Waals surface area contributed by atoms with E-state index in [9.17, 15) is 28.8 Å². The van der Waals surface area contributed by atoms with Crippen LogP contribution in [0.4, 0.5) is 4.79 Å². The molecular weight excluding hydrogens is 484 g/mol. The third kappa shape index (κ3) is 11.1. The van der Waals surface area contributed by atoms with Crippen molar-refractivity contribution in [2.24, 2.45) is 17.6 Å². The molecule has 37 heavy (non-hydrogen) atoms. The summed E-state index contributed by atoms with van der Waals surface area (Å²) < 4.78 is 0. The Labute approximate surface area is 215 Å². The molecule has 0 aliphatic carbocycles. The number of rotatable bonds is 15. The number of hydrogen-bond donors (Lipinski definition) is 6.